The summed E-state index contributed by atoms with van der Waals surface area (Å²) < 4.78 is 0. The van der Waals surface area contributed by atoms with E-state index in [4.69, 9.17) is 0 Å². The third-order valence-corrected chi connectivity index (χ3v) is 4.11. The van der Waals surface area contributed by atoms with Crippen molar-refractivity contribution < 1.29 is 9.59 Å². The quantitative estimate of drug-likeness (QED) is 0.839. The number of benzene rings is 1. The summed E-state index contributed by atoms with van der Waals surface area (Å²) in [6.07, 6.45) is 7.48. The molecule has 0 bridgehead atoms. The molecule has 116 valence electrons. The summed E-state index contributed by atoms with van der Waals surface area (Å²) in [4.78, 5) is 23.7. The molecule has 2 aliphatic carbocycles. The summed E-state index contributed by atoms with van der Waals surface area (Å²) in [6.45, 7) is 0. The number of amides is 2. The second-order valence-electron chi connectivity index (χ2n) is 6.02. The van der Waals surface area contributed by atoms with E-state index in [1.807, 2.05) is 0 Å². The number of hydrogen-bond donors (Lipinski definition) is 2. The molecule has 1 aromatic carbocycles. The molecule has 0 atom stereocenters. The molecule has 2 fully saturated rings. The molecule has 0 heterocycles. The molecule has 5 nitrogen and oxygen atoms in total. The van der Waals surface area contributed by atoms with Crippen molar-refractivity contribution in [3.63, 3.8) is 0 Å². The van der Waals surface area contributed by atoms with Crippen LogP contribution in [0, 0.1) is 5.92 Å². The van der Waals surface area contributed by atoms with Crippen molar-refractivity contribution in [2.24, 2.45) is 11.0 Å². The lowest BCUT2D eigenvalue weighted by Gasteiger charge is -2.12. The Balaban J connectivity index is 1.54. The lowest BCUT2D eigenvalue weighted by Crippen LogP contribution is -2.20. The van der Waals surface area contributed by atoms with Gasteiger partial charge in [0, 0.05) is 22.9 Å². The number of anilines is 1. The fourth-order valence-corrected chi connectivity index (χ4v) is 2.56. The van der Waals surface area contributed by atoms with Crippen LogP contribution in [-0.4, -0.2) is 17.5 Å². The Kier molecular flexibility index (Phi) is 4.51. The Morgan fingerprint density at radius 2 is 1.68 bits per heavy atom. The van der Waals surface area contributed by atoms with E-state index in [1.54, 1.807) is 24.3 Å². The standard InChI is InChI=1S/C17H21N3O2/c21-16(12-6-7-12)18-14-10-8-13(9-11-14)17(22)20-19-15-4-2-1-3-5-15/h8-12H,1-7H2,(H,18,21)(H,20,22). The highest BCUT2D eigenvalue weighted by Crippen LogP contribution is 2.30. The Hall–Kier alpha value is -2.17. The van der Waals surface area contributed by atoms with E-state index in [0.717, 1.165) is 49.9 Å². The third-order valence-electron chi connectivity index (χ3n) is 4.11. The van der Waals surface area contributed by atoms with E-state index in [2.05, 4.69) is 15.8 Å². The second-order valence-corrected chi connectivity index (χ2v) is 6.02. The molecule has 3 rings (SSSR count). The molecule has 2 aliphatic rings. The molecule has 2 amide bonds. The minimum atomic E-state index is -0.210. The van der Waals surface area contributed by atoms with Crippen LogP contribution >= 0.6 is 0 Å². The van der Waals surface area contributed by atoms with Crippen LogP contribution in [0.3, 0.4) is 0 Å². The number of hydrazone groups is 1. The lowest BCUT2D eigenvalue weighted by molar-refractivity contribution is -0.117. The van der Waals surface area contributed by atoms with E-state index in [9.17, 15) is 9.59 Å². The van der Waals surface area contributed by atoms with Crippen LogP contribution in [0.2, 0.25) is 0 Å². The van der Waals surface area contributed by atoms with Crippen molar-refractivity contribution in [3.8, 4) is 0 Å². The van der Waals surface area contributed by atoms with Crippen molar-refractivity contribution in [2.75, 3.05) is 5.32 Å². The molecule has 1 aromatic rings. The molecule has 0 spiro atoms. The molecule has 2 N–H and O–H groups in total. The average Bonchev–Trinajstić information content (AvgIpc) is 3.39. The van der Waals surface area contributed by atoms with Crippen molar-refractivity contribution in [1.82, 2.24) is 5.43 Å². The summed E-state index contributed by atoms with van der Waals surface area (Å²) in [7, 11) is 0. The van der Waals surface area contributed by atoms with Crippen molar-refractivity contribution in [1.29, 1.82) is 0 Å². The number of carbonyl (C=O) groups is 2. The minimum Gasteiger partial charge on any atom is -0.326 e. The second kappa shape index (κ2) is 6.73. The highest BCUT2D eigenvalue weighted by atomic mass is 16.2. The van der Waals surface area contributed by atoms with Gasteiger partial charge in [-0.1, -0.05) is 6.42 Å². The van der Waals surface area contributed by atoms with Crippen LogP contribution in [0.5, 0.6) is 0 Å². The van der Waals surface area contributed by atoms with Gasteiger partial charge >= 0.3 is 0 Å². The van der Waals surface area contributed by atoms with Crippen LogP contribution in [0.25, 0.3) is 0 Å². The van der Waals surface area contributed by atoms with Crippen molar-refractivity contribution in [2.45, 2.75) is 44.9 Å². The van der Waals surface area contributed by atoms with Gasteiger partial charge in [-0.25, -0.2) is 5.43 Å². The number of rotatable bonds is 4. The highest BCUT2D eigenvalue weighted by Gasteiger charge is 2.29. The first-order valence-corrected chi connectivity index (χ1v) is 7.99. The Morgan fingerprint density at radius 3 is 2.32 bits per heavy atom. The van der Waals surface area contributed by atoms with Crippen molar-refractivity contribution >= 4 is 23.2 Å². The third kappa shape index (κ3) is 3.93. The van der Waals surface area contributed by atoms with Gasteiger partial charge in [-0.05, 0) is 62.8 Å². The van der Waals surface area contributed by atoms with Gasteiger partial charge in [-0.3, -0.25) is 9.59 Å². The topological polar surface area (TPSA) is 70.6 Å². The minimum absolute atomic E-state index is 0.0703. The molecular formula is C17H21N3O2. The summed E-state index contributed by atoms with van der Waals surface area (Å²) in [6, 6.07) is 6.92. The first-order valence-electron chi connectivity index (χ1n) is 7.99. The first kappa shape index (κ1) is 14.8. The van der Waals surface area contributed by atoms with E-state index in [0.29, 0.717) is 5.56 Å². The molecular weight excluding hydrogens is 278 g/mol. The SMILES string of the molecule is O=C(NN=C1CCCCC1)c1ccc(NC(=O)C2CC2)cc1. The maximum atomic E-state index is 12.0. The van der Waals surface area contributed by atoms with E-state index >= 15 is 0 Å². The summed E-state index contributed by atoms with van der Waals surface area (Å²) in [5.74, 6) is 0.0355. The Bertz CT molecular complexity index is 580. The summed E-state index contributed by atoms with van der Waals surface area (Å²) >= 11 is 0. The van der Waals surface area contributed by atoms with Crippen LogP contribution in [-0.2, 0) is 4.79 Å². The van der Waals surface area contributed by atoms with Gasteiger partial charge in [0.25, 0.3) is 5.91 Å². The fraction of sp³-hybridized carbons (Fsp3) is 0.471. The van der Waals surface area contributed by atoms with Crippen molar-refractivity contribution in [3.05, 3.63) is 29.8 Å². The van der Waals surface area contributed by atoms with Gasteiger partial charge < -0.3 is 5.32 Å². The molecule has 0 radical (unpaired) electrons. The molecule has 22 heavy (non-hydrogen) atoms. The van der Waals surface area contributed by atoms with Crippen LogP contribution in [0.1, 0.15) is 55.3 Å². The molecule has 0 aliphatic heterocycles. The largest absolute Gasteiger partial charge is 0.326 e. The maximum Gasteiger partial charge on any atom is 0.271 e. The number of carbonyl (C=O) groups excluding carboxylic acids is 2. The van der Waals surface area contributed by atoms with Gasteiger partial charge in [0.05, 0.1) is 0 Å². The Morgan fingerprint density at radius 1 is 1.00 bits per heavy atom. The zero-order valence-electron chi connectivity index (χ0n) is 12.6. The van der Waals surface area contributed by atoms with Crippen LogP contribution in [0.15, 0.2) is 29.4 Å². The summed E-state index contributed by atoms with van der Waals surface area (Å²) in [5.41, 5.74) is 4.97. The number of nitrogens with one attached hydrogen (secondary N) is 2. The van der Waals surface area contributed by atoms with Gasteiger partial charge in [0.1, 0.15) is 0 Å². The van der Waals surface area contributed by atoms with E-state index in [1.165, 1.54) is 6.42 Å². The van der Waals surface area contributed by atoms with Crippen LogP contribution in [0.4, 0.5) is 5.69 Å². The predicted molar refractivity (Wildman–Crippen MR) is 85.8 cm³/mol. The monoisotopic (exact) mass is 299 g/mol. The van der Waals surface area contributed by atoms with Gasteiger partial charge in [-0.15, -0.1) is 0 Å². The number of hydrogen-bond acceptors (Lipinski definition) is 3. The zero-order valence-corrected chi connectivity index (χ0v) is 12.6. The molecule has 0 aromatic heterocycles. The predicted octanol–water partition coefficient (Wildman–Crippen LogP) is 3.09. The maximum absolute atomic E-state index is 12.0. The first-order chi connectivity index (χ1) is 10.7. The van der Waals surface area contributed by atoms with E-state index in [-0.39, 0.29) is 17.7 Å². The zero-order chi connectivity index (χ0) is 15.4. The fourth-order valence-electron chi connectivity index (χ4n) is 2.56. The number of nitrogens with zero attached hydrogens (tertiary/aromatic N) is 1. The summed E-state index contributed by atoms with van der Waals surface area (Å²) in [5, 5.41) is 7.06. The van der Waals surface area contributed by atoms with Gasteiger partial charge in [0.15, 0.2) is 0 Å². The van der Waals surface area contributed by atoms with Crippen LogP contribution < -0.4 is 10.7 Å². The smallest absolute Gasteiger partial charge is 0.271 e. The highest BCUT2D eigenvalue weighted by molar-refractivity contribution is 5.97. The molecule has 0 saturated heterocycles. The normalized spacial score (nSPS) is 17.7. The van der Waals surface area contributed by atoms with E-state index < -0.39 is 0 Å². The van der Waals surface area contributed by atoms with Gasteiger partial charge in [-0.2, -0.15) is 5.10 Å². The average molecular weight is 299 g/mol. The lowest BCUT2D eigenvalue weighted by atomic mass is 9.99. The Labute approximate surface area is 130 Å². The molecule has 2 saturated carbocycles. The molecule has 5 heteroatoms. The molecule has 0 unspecified atom stereocenters. The van der Waals surface area contributed by atoms with Gasteiger partial charge in [0.2, 0.25) is 5.91 Å².